The van der Waals surface area contributed by atoms with Crippen LogP contribution in [0.5, 0.6) is 0 Å². The first-order valence-corrected chi connectivity index (χ1v) is 9.43. The molecule has 0 spiro atoms. The number of nitrogens with zero attached hydrogens (tertiary/aromatic N) is 3. The number of rotatable bonds is 2. The number of hydrogen-bond acceptors (Lipinski definition) is 6. The highest BCUT2D eigenvalue weighted by molar-refractivity contribution is 5.90. The summed E-state index contributed by atoms with van der Waals surface area (Å²) in [6, 6.07) is -1.62. The molecule has 0 aromatic heterocycles. The minimum atomic E-state index is -0.733. The number of piperidine rings is 1. The smallest absolute Gasteiger partial charge is 0.410 e. The average molecular weight is 397 g/mol. The number of ether oxygens (including phenoxy) is 1. The number of hydrogen-bond donors (Lipinski definition) is 3. The van der Waals surface area contributed by atoms with Crippen LogP contribution >= 0.6 is 0 Å². The van der Waals surface area contributed by atoms with Gasteiger partial charge in [-0.2, -0.15) is 0 Å². The maximum atomic E-state index is 12.4. The van der Waals surface area contributed by atoms with E-state index in [4.69, 9.17) is 4.74 Å². The first-order valence-electron chi connectivity index (χ1n) is 9.43. The van der Waals surface area contributed by atoms with Crippen molar-refractivity contribution < 1.29 is 29.1 Å². The normalized spacial score (nSPS) is 27.1. The number of amides is 5. The van der Waals surface area contributed by atoms with Gasteiger partial charge in [-0.1, -0.05) is 0 Å². The van der Waals surface area contributed by atoms with Crippen LogP contribution < -0.4 is 10.9 Å². The molecule has 2 bridgehead atoms. The van der Waals surface area contributed by atoms with Crippen molar-refractivity contribution in [3.63, 3.8) is 0 Å². The summed E-state index contributed by atoms with van der Waals surface area (Å²) in [6.07, 6.45) is 0.920. The van der Waals surface area contributed by atoms with Crippen molar-refractivity contribution in [1.82, 2.24) is 25.7 Å². The maximum Gasteiger partial charge on any atom is 0.410 e. The second-order valence-corrected chi connectivity index (χ2v) is 8.42. The molecule has 156 valence electrons. The molecule has 3 fully saturated rings. The first kappa shape index (κ1) is 20.2. The van der Waals surface area contributed by atoms with Crippen molar-refractivity contribution in [3.05, 3.63) is 0 Å². The molecule has 3 aliphatic heterocycles. The Kier molecular flexibility index (Phi) is 5.37. The van der Waals surface area contributed by atoms with Crippen LogP contribution in [0.25, 0.3) is 0 Å². The van der Waals surface area contributed by atoms with Gasteiger partial charge in [0.15, 0.2) is 0 Å². The molecular weight excluding hydrogens is 370 g/mol. The molecule has 11 heteroatoms. The summed E-state index contributed by atoms with van der Waals surface area (Å²) in [6.45, 7) is 6.22. The van der Waals surface area contributed by atoms with Gasteiger partial charge in [0, 0.05) is 19.6 Å². The van der Waals surface area contributed by atoms with Gasteiger partial charge in [0.2, 0.25) is 5.91 Å². The third-order valence-corrected chi connectivity index (χ3v) is 5.17. The second kappa shape index (κ2) is 7.46. The summed E-state index contributed by atoms with van der Waals surface area (Å²) in [5.41, 5.74) is 4.14. The van der Waals surface area contributed by atoms with Crippen molar-refractivity contribution in [1.29, 1.82) is 0 Å². The molecule has 5 amide bonds. The number of carbonyl (C=O) groups is 4. The van der Waals surface area contributed by atoms with Crippen LogP contribution in [-0.2, 0) is 14.3 Å². The second-order valence-electron chi connectivity index (χ2n) is 8.42. The number of nitrogens with one attached hydrogen (secondary N) is 2. The minimum absolute atomic E-state index is 0.214. The molecule has 0 saturated carbocycles. The zero-order valence-electron chi connectivity index (χ0n) is 16.3. The summed E-state index contributed by atoms with van der Waals surface area (Å²) in [5.74, 6) is -1.35. The van der Waals surface area contributed by atoms with Crippen molar-refractivity contribution in [2.75, 3.05) is 19.6 Å². The topological polar surface area (TPSA) is 132 Å². The summed E-state index contributed by atoms with van der Waals surface area (Å²) in [7, 11) is 0. The largest absolute Gasteiger partial charge is 0.444 e. The van der Waals surface area contributed by atoms with Gasteiger partial charge in [-0.25, -0.2) is 14.7 Å². The van der Waals surface area contributed by atoms with Crippen LogP contribution in [0.4, 0.5) is 9.59 Å². The van der Waals surface area contributed by atoms with Gasteiger partial charge in [0.1, 0.15) is 11.6 Å². The summed E-state index contributed by atoms with van der Waals surface area (Å²) in [5, 5.41) is 10.3. The zero-order chi connectivity index (χ0) is 20.6. The Hall–Kier alpha value is -2.56. The van der Waals surface area contributed by atoms with Gasteiger partial charge < -0.3 is 14.5 Å². The first-order chi connectivity index (χ1) is 13.1. The van der Waals surface area contributed by atoms with Gasteiger partial charge in [-0.05, 0) is 40.0 Å². The molecule has 3 heterocycles. The van der Waals surface area contributed by atoms with Crippen LogP contribution in [-0.4, -0.2) is 81.3 Å². The minimum Gasteiger partial charge on any atom is -0.444 e. The van der Waals surface area contributed by atoms with Crippen LogP contribution in [0.15, 0.2) is 0 Å². The molecule has 3 saturated heterocycles. The van der Waals surface area contributed by atoms with E-state index in [9.17, 15) is 24.4 Å². The van der Waals surface area contributed by atoms with Gasteiger partial charge in [-0.15, -0.1) is 0 Å². The molecule has 0 radical (unpaired) electrons. The Bertz CT molecular complexity index is 677. The van der Waals surface area contributed by atoms with Gasteiger partial charge in [0.05, 0.1) is 12.0 Å². The van der Waals surface area contributed by atoms with E-state index in [2.05, 4.69) is 10.9 Å². The van der Waals surface area contributed by atoms with Gasteiger partial charge >= 0.3 is 12.1 Å². The van der Waals surface area contributed by atoms with Crippen LogP contribution in [0.3, 0.4) is 0 Å². The molecule has 0 aliphatic carbocycles. The molecule has 3 aliphatic rings. The Morgan fingerprint density at radius 2 is 1.75 bits per heavy atom. The Morgan fingerprint density at radius 1 is 1.07 bits per heavy atom. The highest BCUT2D eigenvalue weighted by atomic mass is 16.6. The fourth-order valence-corrected chi connectivity index (χ4v) is 3.70. The third kappa shape index (κ3) is 4.13. The van der Waals surface area contributed by atoms with Crippen LogP contribution in [0.2, 0.25) is 0 Å². The van der Waals surface area contributed by atoms with E-state index in [1.807, 2.05) is 0 Å². The lowest BCUT2D eigenvalue weighted by Crippen LogP contribution is -2.55. The van der Waals surface area contributed by atoms with E-state index < -0.39 is 41.5 Å². The fraction of sp³-hybridized carbons (Fsp3) is 0.765. The summed E-state index contributed by atoms with van der Waals surface area (Å²) in [4.78, 5) is 51.5. The lowest BCUT2D eigenvalue weighted by Gasteiger charge is -2.29. The maximum absolute atomic E-state index is 12.4. The molecular formula is C17H27N5O6. The molecule has 0 aromatic rings. The van der Waals surface area contributed by atoms with E-state index in [-0.39, 0.29) is 19.1 Å². The van der Waals surface area contributed by atoms with Gasteiger partial charge in [0.25, 0.3) is 5.91 Å². The van der Waals surface area contributed by atoms with E-state index in [0.29, 0.717) is 30.9 Å². The predicted molar refractivity (Wildman–Crippen MR) is 94.7 cm³/mol. The zero-order valence-corrected chi connectivity index (χ0v) is 16.3. The van der Waals surface area contributed by atoms with E-state index >= 15 is 0 Å². The molecule has 11 nitrogen and oxygen atoms in total. The average Bonchev–Trinajstić information content (AvgIpc) is 3.19. The van der Waals surface area contributed by atoms with E-state index in [1.165, 1.54) is 9.80 Å². The van der Waals surface area contributed by atoms with Crippen molar-refractivity contribution in [3.8, 4) is 0 Å². The van der Waals surface area contributed by atoms with Crippen molar-refractivity contribution in [2.24, 2.45) is 5.92 Å². The highest BCUT2D eigenvalue weighted by Crippen LogP contribution is 2.28. The molecule has 28 heavy (non-hydrogen) atoms. The Labute approximate surface area is 162 Å². The monoisotopic (exact) mass is 397 g/mol. The summed E-state index contributed by atoms with van der Waals surface area (Å²) >= 11 is 0. The number of carbonyl (C=O) groups excluding carboxylic acids is 4. The van der Waals surface area contributed by atoms with Crippen LogP contribution in [0.1, 0.15) is 40.0 Å². The lowest BCUT2D eigenvalue weighted by molar-refractivity contribution is -0.133. The third-order valence-electron chi connectivity index (χ3n) is 5.17. The van der Waals surface area contributed by atoms with Crippen molar-refractivity contribution in [2.45, 2.75) is 57.7 Å². The Balaban J connectivity index is 1.46. The molecule has 2 unspecified atom stereocenters. The number of fused-ring (bicyclic) bond motifs is 2. The molecule has 3 N–H and O–H groups in total. The highest BCUT2D eigenvalue weighted by Gasteiger charge is 2.47. The van der Waals surface area contributed by atoms with E-state index in [0.717, 1.165) is 0 Å². The lowest BCUT2D eigenvalue weighted by atomic mass is 10.0. The SMILES string of the molecule is CC(C)(C)OC(=O)N1CC[C@@H](C(=O)NNC(=O)C2CCC3CN2C(=O)N3O)C1. The Morgan fingerprint density at radius 3 is 2.43 bits per heavy atom. The fourth-order valence-electron chi connectivity index (χ4n) is 3.70. The van der Waals surface area contributed by atoms with Crippen LogP contribution in [0, 0.1) is 5.92 Å². The number of likely N-dealkylation sites (tertiary alicyclic amines) is 1. The quantitative estimate of drug-likeness (QED) is 0.446. The predicted octanol–water partition coefficient (Wildman–Crippen LogP) is 0.0486. The van der Waals surface area contributed by atoms with Gasteiger partial charge in [-0.3, -0.25) is 25.6 Å². The molecule has 3 atom stereocenters. The van der Waals surface area contributed by atoms with E-state index in [1.54, 1.807) is 20.8 Å². The molecule has 3 rings (SSSR count). The number of hydrazine groups is 1. The van der Waals surface area contributed by atoms with Crippen molar-refractivity contribution >= 4 is 23.9 Å². The number of urea groups is 1. The standard InChI is InChI=1S/C17H27N5O6/c1-17(2,3)28-16(26)20-7-6-10(8-20)13(23)18-19-14(24)12-5-4-11-9-21(12)15(25)22(11)27/h10-12,27H,4-9H2,1-3H3,(H,18,23)(H,19,24)/t10-,11?,12?/m1/s1. The molecule has 0 aromatic carbocycles. The number of hydroxylamine groups is 2. The summed E-state index contributed by atoms with van der Waals surface area (Å²) < 4.78 is 5.30.